The maximum absolute atomic E-state index is 3.66. The van der Waals surface area contributed by atoms with E-state index in [0.717, 1.165) is 0 Å². The molecule has 88 valence electrons. The SMILES string of the molecule is CCC1NCCC1(CC)c1ccc(C)cc1. The summed E-state index contributed by atoms with van der Waals surface area (Å²) in [5.74, 6) is 0. The smallest absolute Gasteiger partial charge is 0.0162 e. The van der Waals surface area contributed by atoms with Crippen LogP contribution in [0.2, 0.25) is 0 Å². The van der Waals surface area contributed by atoms with Gasteiger partial charge >= 0.3 is 0 Å². The molecule has 2 unspecified atom stereocenters. The standard InChI is InChI=1S/C15H23N/c1-4-14-15(5-2,10-11-16-14)13-8-6-12(3)7-9-13/h6-9,14,16H,4-5,10-11H2,1-3H3. The number of aryl methyl sites for hydroxylation is 1. The Bertz CT molecular complexity index is 341. The summed E-state index contributed by atoms with van der Waals surface area (Å²) in [5.41, 5.74) is 3.26. The maximum atomic E-state index is 3.66. The lowest BCUT2D eigenvalue weighted by molar-refractivity contribution is 0.347. The van der Waals surface area contributed by atoms with Gasteiger partial charge in [0.05, 0.1) is 0 Å². The van der Waals surface area contributed by atoms with Crippen LogP contribution in [0, 0.1) is 6.92 Å². The van der Waals surface area contributed by atoms with Gasteiger partial charge in [0, 0.05) is 11.5 Å². The molecule has 1 heterocycles. The second-order valence-electron chi connectivity index (χ2n) is 5.04. The third-order valence-corrected chi connectivity index (χ3v) is 4.29. The first-order valence-corrected chi connectivity index (χ1v) is 6.53. The van der Waals surface area contributed by atoms with E-state index in [0.29, 0.717) is 11.5 Å². The van der Waals surface area contributed by atoms with Crippen molar-refractivity contribution in [3.8, 4) is 0 Å². The zero-order valence-corrected chi connectivity index (χ0v) is 10.7. The Morgan fingerprint density at radius 1 is 1.25 bits per heavy atom. The van der Waals surface area contributed by atoms with Crippen LogP contribution in [-0.2, 0) is 5.41 Å². The van der Waals surface area contributed by atoms with E-state index in [-0.39, 0.29) is 0 Å². The molecule has 1 nitrogen and oxygen atoms in total. The normalized spacial score (nSPS) is 29.6. The van der Waals surface area contributed by atoms with Crippen LogP contribution in [0.4, 0.5) is 0 Å². The molecule has 2 atom stereocenters. The van der Waals surface area contributed by atoms with Crippen LogP contribution in [0.5, 0.6) is 0 Å². The molecule has 0 aromatic heterocycles. The largest absolute Gasteiger partial charge is 0.313 e. The quantitative estimate of drug-likeness (QED) is 0.818. The second-order valence-corrected chi connectivity index (χ2v) is 5.04. The van der Waals surface area contributed by atoms with E-state index in [1.807, 2.05) is 0 Å². The van der Waals surface area contributed by atoms with Gasteiger partial charge < -0.3 is 5.32 Å². The number of benzene rings is 1. The third-order valence-electron chi connectivity index (χ3n) is 4.29. The van der Waals surface area contributed by atoms with Crippen LogP contribution >= 0.6 is 0 Å². The molecule has 0 spiro atoms. The van der Waals surface area contributed by atoms with Gasteiger partial charge in [-0.2, -0.15) is 0 Å². The van der Waals surface area contributed by atoms with E-state index < -0.39 is 0 Å². The Labute approximate surface area is 99.3 Å². The highest BCUT2D eigenvalue weighted by Gasteiger charge is 2.41. The van der Waals surface area contributed by atoms with Crippen molar-refractivity contribution in [1.29, 1.82) is 0 Å². The van der Waals surface area contributed by atoms with Gasteiger partial charge in [-0.1, -0.05) is 43.7 Å². The fourth-order valence-corrected chi connectivity index (χ4v) is 3.23. The Balaban J connectivity index is 2.37. The first-order valence-electron chi connectivity index (χ1n) is 6.53. The lowest BCUT2D eigenvalue weighted by atomic mass is 9.71. The van der Waals surface area contributed by atoms with Gasteiger partial charge in [-0.15, -0.1) is 0 Å². The van der Waals surface area contributed by atoms with Gasteiger partial charge in [-0.25, -0.2) is 0 Å². The summed E-state index contributed by atoms with van der Waals surface area (Å²) in [6.07, 6.45) is 3.74. The van der Waals surface area contributed by atoms with Crippen LogP contribution in [0.15, 0.2) is 24.3 Å². The lowest BCUT2D eigenvalue weighted by Gasteiger charge is -2.34. The highest BCUT2D eigenvalue weighted by atomic mass is 15.0. The molecule has 0 bridgehead atoms. The van der Waals surface area contributed by atoms with Crippen LogP contribution in [0.25, 0.3) is 0 Å². The molecule has 0 amide bonds. The van der Waals surface area contributed by atoms with E-state index in [2.05, 4.69) is 50.4 Å². The molecule has 1 N–H and O–H groups in total. The van der Waals surface area contributed by atoms with Crippen LogP contribution < -0.4 is 5.32 Å². The zero-order chi connectivity index (χ0) is 11.6. The number of rotatable bonds is 3. The van der Waals surface area contributed by atoms with Crippen molar-refractivity contribution < 1.29 is 0 Å². The van der Waals surface area contributed by atoms with E-state index >= 15 is 0 Å². The Hall–Kier alpha value is -0.820. The maximum Gasteiger partial charge on any atom is 0.0162 e. The minimum atomic E-state index is 0.377. The number of hydrogen-bond donors (Lipinski definition) is 1. The Morgan fingerprint density at radius 3 is 2.50 bits per heavy atom. The molecule has 1 fully saturated rings. The Kier molecular flexibility index (Phi) is 3.34. The summed E-state index contributed by atoms with van der Waals surface area (Å²) in [5, 5.41) is 3.66. The third kappa shape index (κ3) is 1.78. The molecule has 16 heavy (non-hydrogen) atoms. The van der Waals surface area contributed by atoms with Gasteiger partial charge in [0.2, 0.25) is 0 Å². The fraction of sp³-hybridized carbons (Fsp3) is 0.600. The molecule has 0 saturated carbocycles. The van der Waals surface area contributed by atoms with Crippen molar-refractivity contribution in [3.05, 3.63) is 35.4 Å². The first-order chi connectivity index (χ1) is 7.73. The van der Waals surface area contributed by atoms with E-state index in [1.54, 1.807) is 0 Å². The number of hydrogen-bond acceptors (Lipinski definition) is 1. The summed E-state index contributed by atoms with van der Waals surface area (Å²) in [7, 11) is 0. The minimum absolute atomic E-state index is 0.377. The van der Waals surface area contributed by atoms with Crippen molar-refractivity contribution in [2.24, 2.45) is 0 Å². The summed E-state index contributed by atoms with van der Waals surface area (Å²) < 4.78 is 0. The van der Waals surface area contributed by atoms with Crippen molar-refractivity contribution in [1.82, 2.24) is 5.32 Å². The molecule has 1 heteroatoms. The lowest BCUT2D eigenvalue weighted by Crippen LogP contribution is -2.39. The Morgan fingerprint density at radius 2 is 1.94 bits per heavy atom. The summed E-state index contributed by atoms with van der Waals surface area (Å²) in [6.45, 7) is 7.95. The van der Waals surface area contributed by atoms with Gasteiger partial charge in [0.1, 0.15) is 0 Å². The van der Waals surface area contributed by atoms with Crippen molar-refractivity contribution >= 4 is 0 Å². The molecular formula is C15H23N. The van der Waals surface area contributed by atoms with E-state index in [4.69, 9.17) is 0 Å². The molecule has 0 aliphatic carbocycles. The minimum Gasteiger partial charge on any atom is -0.313 e. The summed E-state index contributed by atoms with van der Waals surface area (Å²) >= 11 is 0. The number of nitrogens with one attached hydrogen (secondary N) is 1. The van der Waals surface area contributed by atoms with Gasteiger partial charge in [0.15, 0.2) is 0 Å². The molecule has 1 aromatic rings. The second kappa shape index (κ2) is 4.58. The zero-order valence-electron chi connectivity index (χ0n) is 10.7. The summed E-state index contributed by atoms with van der Waals surface area (Å²) in [6, 6.07) is 9.80. The van der Waals surface area contributed by atoms with Crippen LogP contribution in [0.1, 0.15) is 44.2 Å². The molecule has 0 radical (unpaired) electrons. The van der Waals surface area contributed by atoms with Crippen molar-refractivity contribution in [2.45, 2.75) is 51.5 Å². The molecule has 1 aromatic carbocycles. The van der Waals surface area contributed by atoms with Gasteiger partial charge in [-0.3, -0.25) is 0 Å². The highest BCUT2D eigenvalue weighted by Crippen LogP contribution is 2.39. The monoisotopic (exact) mass is 217 g/mol. The highest BCUT2D eigenvalue weighted by molar-refractivity contribution is 5.32. The predicted octanol–water partition coefficient (Wildman–Crippen LogP) is 3.41. The molecule has 1 saturated heterocycles. The molecular weight excluding hydrogens is 194 g/mol. The topological polar surface area (TPSA) is 12.0 Å². The average molecular weight is 217 g/mol. The van der Waals surface area contributed by atoms with Crippen molar-refractivity contribution in [3.63, 3.8) is 0 Å². The van der Waals surface area contributed by atoms with Gasteiger partial charge in [-0.05, 0) is 38.3 Å². The summed E-state index contributed by atoms with van der Waals surface area (Å²) in [4.78, 5) is 0. The van der Waals surface area contributed by atoms with E-state index in [9.17, 15) is 0 Å². The van der Waals surface area contributed by atoms with Gasteiger partial charge in [0.25, 0.3) is 0 Å². The fourth-order valence-electron chi connectivity index (χ4n) is 3.23. The predicted molar refractivity (Wildman–Crippen MR) is 69.8 cm³/mol. The molecule has 1 aliphatic rings. The first kappa shape index (κ1) is 11.7. The molecule has 2 rings (SSSR count). The van der Waals surface area contributed by atoms with Crippen LogP contribution in [-0.4, -0.2) is 12.6 Å². The average Bonchev–Trinajstić information content (AvgIpc) is 2.74. The van der Waals surface area contributed by atoms with E-state index in [1.165, 1.54) is 36.9 Å². The molecule has 1 aliphatic heterocycles. The van der Waals surface area contributed by atoms with Crippen molar-refractivity contribution in [2.75, 3.05) is 6.54 Å². The van der Waals surface area contributed by atoms with Crippen LogP contribution in [0.3, 0.4) is 0 Å².